The third-order valence-corrected chi connectivity index (χ3v) is 7.50. The van der Waals surface area contributed by atoms with Crippen LogP contribution in [0.15, 0.2) is 33.5 Å². The van der Waals surface area contributed by atoms with Crippen molar-refractivity contribution in [1.82, 2.24) is 0 Å². The molecule has 6 rings (SSSR count). The Morgan fingerprint density at radius 1 is 0.818 bits per heavy atom. The van der Waals surface area contributed by atoms with Gasteiger partial charge in [0.15, 0.2) is 0 Å². The molecule has 4 atom stereocenters. The molecule has 0 radical (unpaired) electrons. The summed E-state index contributed by atoms with van der Waals surface area (Å²) >= 11 is 0. The van der Waals surface area contributed by atoms with Gasteiger partial charge in [-0.1, -0.05) is 39.8 Å². The number of nitrogens with zero attached hydrogens (tertiary/aromatic N) is 2. The van der Waals surface area contributed by atoms with E-state index in [4.69, 9.17) is 0 Å². The van der Waals surface area contributed by atoms with Crippen LogP contribution >= 0.6 is 0 Å². The molecule has 0 aliphatic heterocycles. The Morgan fingerprint density at radius 3 is 1.55 bits per heavy atom. The van der Waals surface area contributed by atoms with E-state index in [1.54, 1.807) is 0 Å². The van der Waals surface area contributed by atoms with Gasteiger partial charge in [-0.05, 0) is 71.3 Å². The lowest BCUT2D eigenvalue weighted by molar-refractivity contribution is -0.00138. The molecule has 0 N–H and O–H groups in total. The highest BCUT2D eigenvalue weighted by Gasteiger charge is 2.51. The largest absolute Gasteiger partial charge is 0.159 e. The molecule has 6 aliphatic rings. The van der Waals surface area contributed by atoms with Crippen LogP contribution in [0.4, 0.5) is 0 Å². The molecule has 4 unspecified atom stereocenters. The zero-order valence-corrected chi connectivity index (χ0v) is 14.3. The van der Waals surface area contributed by atoms with Crippen LogP contribution in [0.3, 0.4) is 0 Å². The lowest BCUT2D eigenvalue weighted by atomic mass is 9.49. The lowest BCUT2D eigenvalue weighted by Crippen LogP contribution is -2.48. The molecule has 0 amide bonds. The molecule has 0 saturated heterocycles. The molecule has 0 aromatic rings. The Morgan fingerprint density at radius 2 is 1.23 bits per heavy atom. The average molecular weight is 296 g/mol. The zero-order valence-electron chi connectivity index (χ0n) is 14.3. The van der Waals surface area contributed by atoms with Crippen LogP contribution in [0.5, 0.6) is 0 Å². The van der Waals surface area contributed by atoms with E-state index >= 15 is 0 Å². The molecular formula is C20H28N2. The van der Waals surface area contributed by atoms with Crippen molar-refractivity contribution in [3.8, 4) is 0 Å². The number of fused-ring (bicyclic) bond motifs is 2. The molecular weight excluding hydrogens is 268 g/mol. The fourth-order valence-corrected chi connectivity index (χ4v) is 5.29. The Bertz CT molecular complexity index is 549. The van der Waals surface area contributed by atoms with Gasteiger partial charge in [0.1, 0.15) is 0 Å². The molecule has 0 aromatic heterocycles. The number of allylic oxidation sites excluding steroid dienone is 4. The molecule has 0 heterocycles. The molecule has 6 aliphatic carbocycles. The summed E-state index contributed by atoms with van der Waals surface area (Å²) in [5.74, 6) is 3.18. The van der Waals surface area contributed by atoms with Crippen molar-refractivity contribution >= 4 is 12.4 Å². The number of hydrogen-bond acceptors (Lipinski definition) is 2. The van der Waals surface area contributed by atoms with Gasteiger partial charge in [-0.15, -0.1) is 0 Å². The lowest BCUT2D eigenvalue weighted by Gasteiger charge is -2.55. The van der Waals surface area contributed by atoms with Gasteiger partial charge < -0.3 is 0 Å². The minimum Gasteiger partial charge on any atom is -0.159 e. The molecule has 4 bridgehead atoms. The minimum absolute atomic E-state index is 0.469. The van der Waals surface area contributed by atoms with E-state index in [2.05, 4.69) is 50.0 Å². The van der Waals surface area contributed by atoms with E-state index < -0.39 is 0 Å². The zero-order chi connectivity index (χ0) is 15.5. The van der Waals surface area contributed by atoms with Crippen molar-refractivity contribution in [1.29, 1.82) is 0 Å². The fourth-order valence-electron chi connectivity index (χ4n) is 5.29. The summed E-state index contributed by atoms with van der Waals surface area (Å²) in [5.41, 5.74) is 3.76. The number of rotatable bonds is 3. The van der Waals surface area contributed by atoms with E-state index in [-0.39, 0.29) is 0 Å². The average Bonchev–Trinajstić information content (AvgIpc) is 2.51. The Hall–Kier alpha value is -1.18. The van der Waals surface area contributed by atoms with Gasteiger partial charge in [0.05, 0.1) is 12.4 Å². The standard InChI is InChI=1S/C20H28N2/c1-19(2)15-7-5-13(17(19)9-15)11-21-22-12-14-6-8-16-10-18(14)20(16,3)4/h5-6,11-12,15-18H,7-10H2,1-4H3/b21-11-,22-12+. The first-order valence-corrected chi connectivity index (χ1v) is 8.87. The second kappa shape index (κ2) is 4.66. The van der Waals surface area contributed by atoms with Crippen LogP contribution in [0.2, 0.25) is 0 Å². The highest BCUT2D eigenvalue weighted by Crippen LogP contribution is 2.59. The number of hydrogen-bond donors (Lipinski definition) is 0. The molecule has 0 aromatic carbocycles. The summed E-state index contributed by atoms with van der Waals surface area (Å²) < 4.78 is 0. The van der Waals surface area contributed by atoms with E-state index in [0.29, 0.717) is 22.7 Å². The Kier molecular flexibility index (Phi) is 3.05. The molecule has 2 saturated carbocycles. The van der Waals surface area contributed by atoms with Gasteiger partial charge >= 0.3 is 0 Å². The van der Waals surface area contributed by atoms with E-state index in [1.807, 2.05) is 12.4 Å². The summed E-state index contributed by atoms with van der Waals surface area (Å²) in [7, 11) is 0. The van der Waals surface area contributed by atoms with Gasteiger partial charge in [-0.2, -0.15) is 10.2 Å². The van der Waals surface area contributed by atoms with Crippen LogP contribution in [-0.2, 0) is 0 Å². The van der Waals surface area contributed by atoms with Gasteiger partial charge in [0.2, 0.25) is 0 Å². The highest BCUT2D eigenvalue weighted by atomic mass is 15.2. The molecule has 118 valence electrons. The van der Waals surface area contributed by atoms with Crippen molar-refractivity contribution in [2.24, 2.45) is 44.7 Å². The van der Waals surface area contributed by atoms with Gasteiger partial charge in [0, 0.05) is 0 Å². The van der Waals surface area contributed by atoms with Crippen molar-refractivity contribution in [3.63, 3.8) is 0 Å². The SMILES string of the molecule is CC1(C)C2CC=C(/C=N\N=C\C3=CCC4CC3C4(C)C)C1C2. The maximum Gasteiger partial charge on any atom is 0.0527 e. The second-order valence-corrected chi connectivity index (χ2v) is 8.98. The molecule has 2 nitrogen and oxygen atoms in total. The molecule has 2 fully saturated rings. The highest BCUT2D eigenvalue weighted by molar-refractivity contribution is 5.83. The van der Waals surface area contributed by atoms with Crippen LogP contribution in [0, 0.1) is 34.5 Å². The normalized spacial score (nSPS) is 40.9. The first-order valence-electron chi connectivity index (χ1n) is 8.87. The predicted octanol–water partition coefficient (Wildman–Crippen LogP) is 5.03. The van der Waals surface area contributed by atoms with Crippen LogP contribution < -0.4 is 0 Å². The van der Waals surface area contributed by atoms with Gasteiger partial charge in [-0.3, -0.25) is 0 Å². The van der Waals surface area contributed by atoms with Crippen molar-refractivity contribution in [3.05, 3.63) is 23.3 Å². The first-order chi connectivity index (χ1) is 10.4. The smallest absolute Gasteiger partial charge is 0.0527 e. The fraction of sp³-hybridized carbons (Fsp3) is 0.700. The summed E-state index contributed by atoms with van der Waals surface area (Å²) in [6, 6.07) is 0. The van der Waals surface area contributed by atoms with Crippen LogP contribution in [-0.4, -0.2) is 12.4 Å². The van der Waals surface area contributed by atoms with Gasteiger partial charge in [-0.25, -0.2) is 0 Å². The summed E-state index contributed by atoms with van der Waals surface area (Å²) in [4.78, 5) is 0. The molecule has 2 heteroatoms. The summed E-state index contributed by atoms with van der Waals surface area (Å²) in [6.07, 6.45) is 13.9. The topological polar surface area (TPSA) is 24.7 Å². The first kappa shape index (κ1) is 14.4. The third kappa shape index (κ3) is 1.92. The quantitative estimate of drug-likeness (QED) is 0.515. The van der Waals surface area contributed by atoms with E-state index in [0.717, 1.165) is 11.8 Å². The van der Waals surface area contributed by atoms with Crippen molar-refractivity contribution in [2.45, 2.75) is 53.4 Å². The molecule has 0 spiro atoms. The van der Waals surface area contributed by atoms with E-state index in [1.165, 1.54) is 36.8 Å². The Labute approximate surface area is 134 Å². The van der Waals surface area contributed by atoms with Crippen LogP contribution in [0.1, 0.15) is 53.4 Å². The Balaban J connectivity index is 1.41. The summed E-state index contributed by atoms with van der Waals surface area (Å²) in [5, 5.41) is 8.73. The molecule has 22 heavy (non-hydrogen) atoms. The van der Waals surface area contributed by atoms with Crippen molar-refractivity contribution < 1.29 is 0 Å². The van der Waals surface area contributed by atoms with Gasteiger partial charge in [0.25, 0.3) is 0 Å². The monoisotopic (exact) mass is 296 g/mol. The maximum atomic E-state index is 4.36. The second-order valence-electron chi connectivity index (χ2n) is 8.98. The minimum atomic E-state index is 0.469. The van der Waals surface area contributed by atoms with Crippen LogP contribution in [0.25, 0.3) is 0 Å². The third-order valence-electron chi connectivity index (χ3n) is 7.50. The predicted molar refractivity (Wildman–Crippen MR) is 93.1 cm³/mol. The summed E-state index contributed by atoms with van der Waals surface area (Å²) in [6.45, 7) is 9.60. The maximum absolute atomic E-state index is 4.36. The van der Waals surface area contributed by atoms with E-state index in [9.17, 15) is 0 Å². The van der Waals surface area contributed by atoms with Crippen molar-refractivity contribution in [2.75, 3.05) is 0 Å².